The van der Waals surface area contributed by atoms with Gasteiger partial charge in [-0.25, -0.2) is 4.98 Å². The number of rotatable bonds is 8. The van der Waals surface area contributed by atoms with Crippen LogP contribution in [0, 0.1) is 6.92 Å². The van der Waals surface area contributed by atoms with Gasteiger partial charge in [0.25, 0.3) is 0 Å². The number of carboxylic acids is 1. The molecule has 0 aliphatic carbocycles. The Balaban J connectivity index is 2.00. The van der Waals surface area contributed by atoms with E-state index in [0.29, 0.717) is 13.0 Å². The Kier molecular flexibility index (Phi) is 7.15. The first kappa shape index (κ1) is 19.4. The van der Waals surface area contributed by atoms with Crippen LogP contribution in [0.1, 0.15) is 37.0 Å². The third-order valence-electron chi connectivity index (χ3n) is 4.20. The summed E-state index contributed by atoms with van der Waals surface area (Å²) in [5.41, 5.74) is 5.71. The molecule has 2 N–H and O–H groups in total. The first-order valence-electron chi connectivity index (χ1n) is 8.79. The summed E-state index contributed by atoms with van der Waals surface area (Å²) in [5, 5.41) is 12.1. The third kappa shape index (κ3) is 6.20. The average Bonchev–Trinajstić information content (AvgIpc) is 2.63. The molecule has 1 aromatic carbocycles. The number of carbonyl (C=O) groups is 1. The van der Waals surface area contributed by atoms with E-state index >= 15 is 0 Å². The van der Waals surface area contributed by atoms with Crippen molar-refractivity contribution >= 4 is 17.4 Å². The van der Waals surface area contributed by atoms with Crippen LogP contribution in [0.2, 0.25) is 0 Å². The summed E-state index contributed by atoms with van der Waals surface area (Å²) in [5.74, 6) is 0.108. The van der Waals surface area contributed by atoms with Crippen molar-refractivity contribution in [1.82, 2.24) is 4.98 Å². The molecule has 4 heteroatoms. The number of aryl methyl sites for hydroxylation is 2. The van der Waals surface area contributed by atoms with Gasteiger partial charge in [-0.1, -0.05) is 36.4 Å². The van der Waals surface area contributed by atoms with Crippen molar-refractivity contribution in [2.24, 2.45) is 0 Å². The number of hydrogen-bond donors (Lipinski definition) is 2. The molecule has 1 aromatic heterocycles. The van der Waals surface area contributed by atoms with Crippen molar-refractivity contribution in [2.45, 2.75) is 33.6 Å². The molecule has 0 aliphatic rings. The van der Waals surface area contributed by atoms with E-state index in [9.17, 15) is 4.79 Å². The van der Waals surface area contributed by atoms with Crippen molar-refractivity contribution < 1.29 is 9.90 Å². The molecule has 4 nitrogen and oxygen atoms in total. The van der Waals surface area contributed by atoms with Gasteiger partial charge in [-0.2, -0.15) is 0 Å². The van der Waals surface area contributed by atoms with Crippen LogP contribution in [0.4, 0.5) is 5.82 Å². The number of nitrogens with one attached hydrogen (secondary N) is 1. The number of anilines is 1. The number of allylic oxidation sites excluding steroid dienone is 2. The summed E-state index contributed by atoms with van der Waals surface area (Å²) in [6.45, 7) is 6.87. The van der Waals surface area contributed by atoms with Crippen molar-refractivity contribution in [3.05, 3.63) is 77.0 Å². The van der Waals surface area contributed by atoms with Crippen LogP contribution >= 0.6 is 0 Å². The number of hydrogen-bond acceptors (Lipinski definition) is 3. The minimum Gasteiger partial charge on any atom is -0.481 e. The van der Waals surface area contributed by atoms with E-state index in [-0.39, 0.29) is 6.42 Å². The predicted molar refractivity (Wildman–Crippen MR) is 107 cm³/mol. The second-order valence-corrected chi connectivity index (χ2v) is 6.35. The molecule has 0 unspecified atom stereocenters. The van der Waals surface area contributed by atoms with Crippen LogP contribution in [0.25, 0.3) is 5.57 Å². The molecular weight excluding hydrogens is 324 g/mol. The lowest BCUT2D eigenvalue weighted by molar-refractivity contribution is -0.136. The van der Waals surface area contributed by atoms with Crippen molar-refractivity contribution in [2.75, 3.05) is 11.9 Å². The van der Waals surface area contributed by atoms with Crippen molar-refractivity contribution in [3.8, 4) is 0 Å². The highest BCUT2D eigenvalue weighted by atomic mass is 16.4. The van der Waals surface area contributed by atoms with E-state index in [1.54, 1.807) is 6.20 Å². The summed E-state index contributed by atoms with van der Waals surface area (Å²) in [4.78, 5) is 15.0. The molecule has 0 bridgehead atoms. The van der Waals surface area contributed by atoms with E-state index in [1.807, 2.05) is 50.2 Å². The Bertz CT molecular complexity index is 805. The summed E-state index contributed by atoms with van der Waals surface area (Å²) in [6.07, 6.45) is 6.78. The van der Waals surface area contributed by atoms with Crippen LogP contribution in [-0.2, 0) is 11.2 Å². The number of benzene rings is 1. The Morgan fingerprint density at radius 3 is 2.58 bits per heavy atom. The van der Waals surface area contributed by atoms with Gasteiger partial charge in [0, 0.05) is 19.2 Å². The third-order valence-corrected chi connectivity index (χ3v) is 4.20. The maximum absolute atomic E-state index is 10.7. The maximum atomic E-state index is 10.7. The zero-order valence-corrected chi connectivity index (χ0v) is 15.6. The molecule has 0 fully saturated rings. The van der Waals surface area contributed by atoms with Crippen LogP contribution in [0.15, 0.2) is 60.3 Å². The highest BCUT2D eigenvalue weighted by molar-refractivity contribution is 5.68. The Labute approximate surface area is 155 Å². The van der Waals surface area contributed by atoms with Crippen LogP contribution in [0.3, 0.4) is 0 Å². The summed E-state index contributed by atoms with van der Waals surface area (Å²) in [7, 11) is 0. The summed E-state index contributed by atoms with van der Waals surface area (Å²) in [6, 6.07) is 12.1. The number of pyridine rings is 1. The van der Waals surface area contributed by atoms with Gasteiger partial charge >= 0.3 is 5.97 Å². The van der Waals surface area contributed by atoms with Gasteiger partial charge in [-0.3, -0.25) is 4.79 Å². The van der Waals surface area contributed by atoms with Gasteiger partial charge in [0.15, 0.2) is 0 Å². The quantitative estimate of drug-likeness (QED) is 0.667. The number of aromatic nitrogens is 1. The Hall–Kier alpha value is -2.88. The molecule has 0 saturated heterocycles. The van der Waals surface area contributed by atoms with Gasteiger partial charge in [-0.15, -0.1) is 0 Å². The van der Waals surface area contributed by atoms with Gasteiger partial charge in [0.1, 0.15) is 5.82 Å². The second kappa shape index (κ2) is 9.56. The lowest BCUT2D eigenvalue weighted by Crippen LogP contribution is -2.05. The molecule has 0 aliphatic heterocycles. The fraction of sp³-hybridized carbons (Fsp3) is 0.273. The van der Waals surface area contributed by atoms with E-state index < -0.39 is 5.97 Å². The predicted octanol–water partition coefficient (Wildman–Crippen LogP) is 4.87. The molecule has 0 radical (unpaired) electrons. The molecule has 2 rings (SSSR count). The number of nitrogens with zero attached hydrogens (tertiary/aromatic N) is 1. The van der Waals surface area contributed by atoms with Gasteiger partial charge in [0.05, 0.1) is 0 Å². The highest BCUT2D eigenvalue weighted by Gasteiger charge is 2.02. The van der Waals surface area contributed by atoms with Gasteiger partial charge < -0.3 is 10.4 Å². The minimum atomic E-state index is -0.765. The topological polar surface area (TPSA) is 62.2 Å². The Morgan fingerprint density at radius 1 is 1.23 bits per heavy atom. The van der Waals surface area contributed by atoms with Gasteiger partial charge in [-0.05, 0) is 67.2 Å². The summed E-state index contributed by atoms with van der Waals surface area (Å²) >= 11 is 0. The first-order valence-corrected chi connectivity index (χ1v) is 8.79. The van der Waals surface area contributed by atoms with Crippen LogP contribution in [-0.4, -0.2) is 22.6 Å². The molecule has 0 atom stereocenters. The normalized spacial score (nSPS) is 12.1. The fourth-order valence-corrected chi connectivity index (χ4v) is 2.61. The van der Waals surface area contributed by atoms with E-state index in [4.69, 9.17) is 5.11 Å². The molecule has 0 amide bonds. The fourth-order valence-electron chi connectivity index (χ4n) is 2.61. The molecule has 0 spiro atoms. The molecule has 26 heavy (non-hydrogen) atoms. The number of carboxylic acid groups (broad SMARTS) is 1. The van der Waals surface area contributed by atoms with Gasteiger partial charge in [0.2, 0.25) is 0 Å². The van der Waals surface area contributed by atoms with E-state index in [2.05, 4.69) is 29.4 Å². The van der Waals surface area contributed by atoms with E-state index in [1.165, 1.54) is 16.7 Å². The maximum Gasteiger partial charge on any atom is 0.303 e. The lowest BCUT2D eigenvalue weighted by atomic mass is 10.0. The lowest BCUT2D eigenvalue weighted by Gasteiger charge is -2.09. The molecule has 136 valence electrons. The standard InChI is InChI=1S/C22H26N2O2/c1-4-18(15-24-21-13-16(2)11-12-23-21)14-17(3)20-8-5-19(6-9-20)7-10-22(25)26/h4-6,8-9,11-14H,7,10,15H2,1-3H3,(H,23,24)(H,25,26)/b17-14+,18-4+. The summed E-state index contributed by atoms with van der Waals surface area (Å²) < 4.78 is 0. The first-order chi connectivity index (χ1) is 12.5. The zero-order chi connectivity index (χ0) is 18.9. The second-order valence-electron chi connectivity index (χ2n) is 6.35. The zero-order valence-electron chi connectivity index (χ0n) is 15.6. The highest BCUT2D eigenvalue weighted by Crippen LogP contribution is 2.18. The molecule has 2 aromatic rings. The van der Waals surface area contributed by atoms with Crippen LogP contribution < -0.4 is 5.32 Å². The van der Waals surface area contributed by atoms with E-state index in [0.717, 1.165) is 16.9 Å². The van der Waals surface area contributed by atoms with Crippen molar-refractivity contribution in [3.63, 3.8) is 0 Å². The van der Waals surface area contributed by atoms with Crippen molar-refractivity contribution in [1.29, 1.82) is 0 Å². The molecular formula is C22H26N2O2. The number of aliphatic carboxylic acids is 1. The smallest absolute Gasteiger partial charge is 0.303 e. The largest absolute Gasteiger partial charge is 0.481 e. The SMILES string of the molecule is C/C=C(\C=C(/C)c1ccc(CCC(=O)O)cc1)CNc1cc(C)ccn1. The average molecular weight is 350 g/mol. The monoisotopic (exact) mass is 350 g/mol. The molecule has 0 saturated carbocycles. The minimum absolute atomic E-state index is 0.162. The Morgan fingerprint density at radius 2 is 1.96 bits per heavy atom. The molecule has 1 heterocycles. The van der Waals surface area contributed by atoms with Crippen LogP contribution in [0.5, 0.6) is 0 Å².